The Labute approximate surface area is 250 Å². The highest BCUT2D eigenvalue weighted by molar-refractivity contribution is 6.30. The summed E-state index contributed by atoms with van der Waals surface area (Å²) in [5.41, 5.74) is 2.55. The highest BCUT2D eigenvalue weighted by Gasteiger charge is 2.54. The first kappa shape index (κ1) is 28.9. The Bertz CT molecular complexity index is 1470. The smallest absolute Gasteiger partial charge is 0.329 e. The quantitative estimate of drug-likeness (QED) is 0.275. The fraction of sp³-hybridized carbons (Fsp3) is 0.471. The number of halogens is 3. The Morgan fingerprint density at radius 3 is 2.67 bits per heavy atom. The zero-order valence-corrected chi connectivity index (χ0v) is 24.6. The van der Waals surface area contributed by atoms with Crippen molar-refractivity contribution in [3.8, 4) is 5.75 Å². The average Bonchev–Trinajstić information content (AvgIpc) is 3.25. The lowest BCUT2D eigenvalue weighted by Crippen LogP contribution is -2.53. The van der Waals surface area contributed by atoms with E-state index in [9.17, 15) is 18.7 Å². The van der Waals surface area contributed by atoms with E-state index < -0.39 is 17.4 Å². The number of carboxylic acid groups (broad SMARTS) is 1. The van der Waals surface area contributed by atoms with Gasteiger partial charge in [-0.05, 0) is 104 Å². The lowest BCUT2D eigenvalue weighted by Gasteiger charge is -2.47. The molecule has 1 unspecified atom stereocenters. The van der Waals surface area contributed by atoms with Crippen molar-refractivity contribution in [2.75, 3.05) is 11.9 Å². The summed E-state index contributed by atoms with van der Waals surface area (Å²) in [6.07, 6.45) is 6.61. The maximum absolute atomic E-state index is 14.8. The van der Waals surface area contributed by atoms with E-state index in [4.69, 9.17) is 16.3 Å². The van der Waals surface area contributed by atoms with Gasteiger partial charge in [0.1, 0.15) is 11.3 Å². The minimum atomic E-state index is -2.92. The first-order chi connectivity index (χ1) is 20.1. The van der Waals surface area contributed by atoms with Gasteiger partial charge in [0.05, 0.1) is 17.9 Å². The van der Waals surface area contributed by atoms with Gasteiger partial charge in [0.15, 0.2) is 0 Å². The largest absolute Gasteiger partial charge is 0.493 e. The van der Waals surface area contributed by atoms with Crippen LogP contribution in [0.2, 0.25) is 5.02 Å². The van der Waals surface area contributed by atoms with Crippen LogP contribution in [0, 0.1) is 11.8 Å². The van der Waals surface area contributed by atoms with Gasteiger partial charge < -0.3 is 15.2 Å². The molecule has 0 amide bonds. The van der Waals surface area contributed by atoms with E-state index >= 15 is 0 Å². The molecule has 0 saturated heterocycles. The number of aryl methyl sites for hydroxylation is 1. The summed E-state index contributed by atoms with van der Waals surface area (Å²) in [4.78, 5) is 16.9. The van der Waals surface area contributed by atoms with Gasteiger partial charge in [0.25, 0.3) is 5.92 Å². The molecule has 1 aromatic heterocycles. The maximum atomic E-state index is 14.8. The molecular formula is C34H37ClF2N2O3. The number of anilines is 1. The first-order valence-electron chi connectivity index (χ1n) is 15.0. The Morgan fingerprint density at radius 1 is 1.12 bits per heavy atom. The van der Waals surface area contributed by atoms with E-state index in [2.05, 4.69) is 41.5 Å². The van der Waals surface area contributed by atoms with Crippen molar-refractivity contribution >= 4 is 23.3 Å². The topological polar surface area (TPSA) is 71.5 Å². The van der Waals surface area contributed by atoms with Gasteiger partial charge in [0.2, 0.25) is 0 Å². The zero-order valence-electron chi connectivity index (χ0n) is 23.8. The van der Waals surface area contributed by atoms with Crippen LogP contribution in [0.3, 0.4) is 0 Å². The van der Waals surface area contributed by atoms with Gasteiger partial charge in [0, 0.05) is 23.3 Å². The lowest BCUT2D eigenvalue weighted by atomic mass is 9.59. The molecule has 2 atom stereocenters. The van der Waals surface area contributed by atoms with Crippen LogP contribution in [0.1, 0.15) is 74.3 Å². The van der Waals surface area contributed by atoms with E-state index in [0.717, 1.165) is 25.7 Å². The third kappa shape index (κ3) is 5.25. The van der Waals surface area contributed by atoms with E-state index in [1.165, 1.54) is 11.1 Å². The van der Waals surface area contributed by atoms with E-state index in [1.807, 2.05) is 12.1 Å². The summed E-state index contributed by atoms with van der Waals surface area (Å²) in [7, 11) is 0. The minimum absolute atomic E-state index is 0.0438. The summed E-state index contributed by atoms with van der Waals surface area (Å²) >= 11 is 6.19. The summed E-state index contributed by atoms with van der Waals surface area (Å²) < 4.78 is 35.7. The van der Waals surface area contributed by atoms with Crippen LogP contribution in [-0.4, -0.2) is 28.2 Å². The Hall–Kier alpha value is -3.19. The summed E-state index contributed by atoms with van der Waals surface area (Å²) in [5.74, 6) is -3.09. The molecule has 6 rings (SSSR count). The third-order valence-corrected chi connectivity index (χ3v) is 10.1. The lowest BCUT2D eigenvalue weighted by molar-refractivity contribution is -0.144. The second-order valence-corrected chi connectivity index (χ2v) is 13.0. The first-order valence-corrected chi connectivity index (χ1v) is 15.3. The van der Waals surface area contributed by atoms with Gasteiger partial charge in [-0.3, -0.25) is 4.98 Å². The molecule has 5 nitrogen and oxygen atoms in total. The molecule has 0 radical (unpaired) electrons. The molecule has 2 aromatic carbocycles. The van der Waals surface area contributed by atoms with Crippen LogP contribution in [0.4, 0.5) is 14.5 Å². The van der Waals surface area contributed by atoms with Gasteiger partial charge >= 0.3 is 5.97 Å². The number of nitrogens with zero attached hydrogens (tertiary/aromatic N) is 1. The molecule has 1 fully saturated rings. The molecule has 1 spiro atoms. The van der Waals surface area contributed by atoms with Crippen LogP contribution < -0.4 is 10.1 Å². The van der Waals surface area contributed by atoms with E-state index in [-0.39, 0.29) is 29.1 Å². The summed E-state index contributed by atoms with van der Waals surface area (Å²) in [6, 6.07) is 17.3. The number of carboxylic acids is 1. The Morgan fingerprint density at radius 2 is 1.90 bits per heavy atom. The molecular weight excluding hydrogens is 558 g/mol. The Balaban J connectivity index is 1.20. The minimum Gasteiger partial charge on any atom is -0.493 e. The summed E-state index contributed by atoms with van der Waals surface area (Å²) in [6.45, 7) is 2.46. The molecule has 3 aliphatic rings. The van der Waals surface area contributed by atoms with Crippen LogP contribution in [0.15, 0.2) is 60.8 Å². The number of aliphatic carboxylic acids is 1. The number of alkyl halides is 2. The fourth-order valence-corrected chi connectivity index (χ4v) is 7.97. The number of nitrogens with one attached hydrogen (secondary N) is 1. The van der Waals surface area contributed by atoms with Crippen molar-refractivity contribution in [2.45, 2.75) is 81.6 Å². The van der Waals surface area contributed by atoms with Crippen molar-refractivity contribution in [3.05, 3.63) is 88.2 Å². The number of aromatic nitrogens is 1. The van der Waals surface area contributed by atoms with Crippen LogP contribution >= 0.6 is 11.6 Å². The number of ether oxygens (including phenoxy) is 1. The van der Waals surface area contributed by atoms with Crippen molar-refractivity contribution in [2.24, 2.45) is 11.8 Å². The molecule has 3 aromatic rings. The van der Waals surface area contributed by atoms with Gasteiger partial charge in [-0.25, -0.2) is 13.6 Å². The highest BCUT2D eigenvalue weighted by Crippen LogP contribution is 2.56. The van der Waals surface area contributed by atoms with E-state index in [1.54, 1.807) is 24.4 Å². The van der Waals surface area contributed by atoms with Crippen LogP contribution in [0.5, 0.6) is 5.75 Å². The van der Waals surface area contributed by atoms with Crippen molar-refractivity contribution in [3.63, 3.8) is 0 Å². The molecule has 3 aliphatic carbocycles. The molecule has 42 heavy (non-hydrogen) atoms. The van der Waals surface area contributed by atoms with Crippen molar-refractivity contribution in [1.29, 1.82) is 0 Å². The number of hydrogen-bond acceptors (Lipinski definition) is 4. The van der Waals surface area contributed by atoms with Crippen LogP contribution in [-0.2, 0) is 29.0 Å². The van der Waals surface area contributed by atoms with Crippen molar-refractivity contribution in [1.82, 2.24) is 4.98 Å². The molecule has 222 valence electrons. The van der Waals surface area contributed by atoms with Gasteiger partial charge in [-0.15, -0.1) is 0 Å². The third-order valence-electron chi connectivity index (χ3n) is 9.89. The van der Waals surface area contributed by atoms with Crippen molar-refractivity contribution < 1.29 is 23.4 Å². The predicted molar refractivity (Wildman–Crippen MR) is 160 cm³/mol. The molecule has 2 N–H and O–H groups in total. The van der Waals surface area contributed by atoms with Gasteiger partial charge in [-0.1, -0.05) is 48.9 Å². The summed E-state index contributed by atoms with van der Waals surface area (Å²) in [5, 5.41) is 14.3. The number of fused-ring (bicyclic) bond motifs is 3. The average molecular weight is 595 g/mol. The second-order valence-electron chi connectivity index (χ2n) is 12.6. The predicted octanol–water partition coefficient (Wildman–Crippen LogP) is 8.19. The highest BCUT2D eigenvalue weighted by atomic mass is 35.5. The number of benzene rings is 2. The fourth-order valence-electron chi connectivity index (χ4n) is 7.78. The SMILES string of the molecule is C[C@@H](COc1ccnc2c1C(F)(F)CCC2)CC1Cc2ccccc2C12CCC(Nc1cccc(Cl)c1)(C(=O)O)CC2. The molecule has 0 aliphatic heterocycles. The zero-order chi connectivity index (χ0) is 29.5. The molecule has 0 bridgehead atoms. The van der Waals surface area contributed by atoms with Crippen LogP contribution in [0.25, 0.3) is 0 Å². The molecule has 1 saturated carbocycles. The standard InChI is InChI=1S/C34H37ClF2N2O3/c1-22(21-42-29-11-17-38-28-10-5-12-34(36,37)30(28)29)18-24-19-23-6-2-3-9-27(23)32(24)13-15-33(16-14-32,31(40)41)39-26-8-4-7-25(35)20-26/h2-4,6-9,11,17,20,22,24,39H,5,10,12-16,18-19,21H2,1H3,(H,40,41)/t22-,24?,32?,33?/m1/s1. The van der Waals surface area contributed by atoms with Gasteiger partial charge in [-0.2, -0.15) is 0 Å². The molecule has 1 heterocycles. The number of carbonyl (C=O) groups is 1. The molecule has 8 heteroatoms. The monoisotopic (exact) mass is 594 g/mol. The maximum Gasteiger partial charge on any atom is 0.329 e. The number of hydrogen-bond donors (Lipinski definition) is 2. The number of rotatable bonds is 8. The Kier molecular flexibility index (Phi) is 7.67. The van der Waals surface area contributed by atoms with E-state index in [0.29, 0.717) is 54.6 Å². The number of pyridine rings is 1. The second kappa shape index (κ2) is 11.1. The normalized spacial score (nSPS) is 26.7.